The van der Waals surface area contributed by atoms with Crippen LogP contribution in [-0.2, 0) is 4.79 Å². The van der Waals surface area contributed by atoms with E-state index in [1.807, 2.05) is 29.3 Å². The first-order valence-electron chi connectivity index (χ1n) is 11.8. The molecular formula is C24H35N7O. The maximum Gasteiger partial charge on any atom is 0.268 e. The highest BCUT2D eigenvalue weighted by Crippen LogP contribution is 2.32. The molecule has 1 unspecified atom stereocenters. The van der Waals surface area contributed by atoms with E-state index in [-0.39, 0.29) is 17.9 Å². The molecule has 1 atom stereocenters. The molecule has 32 heavy (non-hydrogen) atoms. The number of hydrogen-bond donors (Lipinski definition) is 1. The minimum Gasteiger partial charge on any atom is -0.356 e. The predicted octanol–water partition coefficient (Wildman–Crippen LogP) is 3.83. The van der Waals surface area contributed by atoms with Crippen molar-refractivity contribution in [2.45, 2.75) is 65.3 Å². The highest BCUT2D eigenvalue weighted by molar-refractivity contribution is 6.42. The largest absolute Gasteiger partial charge is 0.356 e. The molecular weight excluding hydrogens is 402 g/mol. The molecule has 0 aliphatic carbocycles. The van der Waals surface area contributed by atoms with E-state index >= 15 is 0 Å². The van der Waals surface area contributed by atoms with Gasteiger partial charge in [-0.2, -0.15) is 5.10 Å². The van der Waals surface area contributed by atoms with Crippen molar-refractivity contribution in [1.82, 2.24) is 19.5 Å². The third-order valence-electron chi connectivity index (χ3n) is 6.71. The maximum absolute atomic E-state index is 13.4. The Balaban J connectivity index is 1.61. The van der Waals surface area contributed by atoms with Gasteiger partial charge in [0, 0.05) is 56.6 Å². The molecule has 8 nitrogen and oxygen atoms in total. The van der Waals surface area contributed by atoms with Crippen LogP contribution in [0.1, 0.15) is 69.7 Å². The monoisotopic (exact) mass is 437 g/mol. The van der Waals surface area contributed by atoms with Crippen molar-refractivity contribution < 1.29 is 4.79 Å². The van der Waals surface area contributed by atoms with E-state index in [9.17, 15) is 4.79 Å². The summed E-state index contributed by atoms with van der Waals surface area (Å²) in [5.74, 6) is 1.08. The molecule has 2 aliphatic rings. The number of rotatable bonds is 6. The van der Waals surface area contributed by atoms with Crippen LogP contribution in [-0.4, -0.2) is 63.5 Å². The minimum absolute atomic E-state index is 0.0680. The molecule has 2 fully saturated rings. The van der Waals surface area contributed by atoms with Crippen LogP contribution in [0, 0.1) is 18.3 Å². The highest BCUT2D eigenvalue weighted by atomic mass is 16.2. The number of hydrogen-bond acceptors (Lipinski definition) is 6. The van der Waals surface area contributed by atoms with E-state index in [0.717, 1.165) is 55.1 Å². The van der Waals surface area contributed by atoms with Crippen LogP contribution in [0.3, 0.4) is 0 Å². The predicted molar refractivity (Wildman–Crippen MR) is 128 cm³/mol. The van der Waals surface area contributed by atoms with Crippen LogP contribution >= 0.6 is 0 Å². The quantitative estimate of drug-likeness (QED) is 0.696. The molecule has 2 saturated heterocycles. The second kappa shape index (κ2) is 9.38. The first kappa shape index (κ1) is 22.4. The smallest absolute Gasteiger partial charge is 0.268 e. The number of aliphatic imine (C=N–C) groups is 1. The standard InChI is InChI=1S/C24H35N7O/c1-16(2)18(25)13-20(26-4)24(32)30-12-6-5-9-21(30)19-14-22-27-23(29-10-7-8-11-29)17(3)15-31(22)28-19/h14-16,21,25H,5-13H2,1-4H3. The van der Waals surface area contributed by atoms with Crippen molar-refractivity contribution in [3.8, 4) is 0 Å². The van der Waals surface area contributed by atoms with Crippen molar-refractivity contribution >= 4 is 28.8 Å². The van der Waals surface area contributed by atoms with Crippen molar-refractivity contribution in [2.24, 2.45) is 10.9 Å². The van der Waals surface area contributed by atoms with E-state index in [0.29, 0.717) is 24.4 Å². The fraction of sp³-hybridized carbons (Fsp3) is 0.625. The maximum atomic E-state index is 13.4. The van der Waals surface area contributed by atoms with Crippen LogP contribution in [0.15, 0.2) is 17.3 Å². The summed E-state index contributed by atoms with van der Waals surface area (Å²) >= 11 is 0. The van der Waals surface area contributed by atoms with Gasteiger partial charge in [0.2, 0.25) is 0 Å². The summed E-state index contributed by atoms with van der Waals surface area (Å²) in [6.45, 7) is 8.85. The number of carbonyl (C=O) groups is 1. The van der Waals surface area contributed by atoms with Crippen LogP contribution in [0.25, 0.3) is 5.65 Å². The molecule has 4 heterocycles. The number of fused-ring (bicyclic) bond motifs is 1. The van der Waals surface area contributed by atoms with Crippen LogP contribution in [0.4, 0.5) is 5.82 Å². The molecule has 0 spiro atoms. The van der Waals surface area contributed by atoms with Gasteiger partial charge < -0.3 is 15.2 Å². The van der Waals surface area contributed by atoms with Gasteiger partial charge in [-0.05, 0) is 44.9 Å². The second-order valence-electron chi connectivity index (χ2n) is 9.35. The van der Waals surface area contributed by atoms with Gasteiger partial charge in [0.25, 0.3) is 5.91 Å². The van der Waals surface area contributed by atoms with Crippen LogP contribution in [0.5, 0.6) is 0 Å². The third kappa shape index (κ3) is 4.40. The summed E-state index contributed by atoms with van der Waals surface area (Å²) in [4.78, 5) is 26.9. The van der Waals surface area contributed by atoms with Crippen molar-refractivity contribution in [3.05, 3.63) is 23.5 Å². The Morgan fingerprint density at radius 3 is 2.62 bits per heavy atom. The van der Waals surface area contributed by atoms with Gasteiger partial charge in [-0.1, -0.05) is 13.8 Å². The van der Waals surface area contributed by atoms with Crippen molar-refractivity contribution in [3.63, 3.8) is 0 Å². The number of anilines is 1. The normalized spacial score (nSPS) is 19.9. The minimum atomic E-state index is -0.0847. The van der Waals surface area contributed by atoms with E-state index < -0.39 is 0 Å². The Bertz CT molecular complexity index is 1030. The van der Waals surface area contributed by atoms with Crippen LogP contribution < -0.4 is 4.90 Å². The summed E-state index contributed by atoms with van der Waals surface area (Å²) in [7, 11) is 1.65. The first-order chi connectivity index (χ1) is 15.4. The zero-order valence-electron chi connectivity index (χ0n) is 19.8. The Morgan fingerprint density at radius 2 is 1.94 bits per heavy atom. The molecule has 2 aromatic rings. The molecule has 0 aromatic carbocycles. The number of nitrogens with one attached hydrogen (secondary N) is 1. The first-order valence-corrected chi connectivity index (χ1v) is 11.8. The summed E-state index contributed by atoms with van der Waals surface area (Å²) in [5.41, 5.74) is 3.84. The Morgan fingerprint density at radius 1 is 1.22 bits per heavy atom. The molecule has 172 valence electrons. The van der Waals surface area contributed by atoms with E-state index in [4.69, 9.17) is 15.5 Å². The average molecular weight is 438 g/mol. The van der Waals surface area contributed by atoms with Gasteiger partial charge >= 0.3 is 0 Å². The van der Waals surface area contributed by atoms with E-state index in [1.165, 1.54) is 12.8 Å². The van der Waals surface area contributed by atoms with Gasteiger partial charge in [-0.3, -0.25) is 9.79 Å². The van der Waals surface area contributed by atoms with E-state index in [1.54, 1.807) is 7.05 Å². The molecule has 1 amide bonds. The number of amides is 1. The lowest BCUT2D eigenvalue weighted by Gasteiger charge is -2.35. The zero-order chi connectivity index (χ0) is 22.8. The number of carbonyl (C=O) groups excluding carboxylic acids is 1. The average Bonchev–Trinajstić information content (AvgIpc) is 3.45. The van der Waals surface area contributed by atoms with E-state index in [2.05, 4.69) is 23.0 Å². The fourth-order valence-electron chi connectivity index (χ4n) is 4.71. The number of nitrogens with zero attached hydrogens (tertiary/aromatic N) is 6. The lowest BCUT2D eigenvalue weighted by Crippen LogP contribution is -2.43. The third-order valence-corrected chi connectivity index (χ3v) is 6.71. The number of likely N-dealkylation sites (tertiary alicyclic amines) is 1. The topological polar surface area (TPSA) is 89.9 Å². The van der Waals surface area contributed by atoms with Gasteiger partial charge in [0.05, 0.1) is 11.7 Å². The highest BCUT2D eigenvalue weighted by Gasteiger charge is 2.32. The molecule has 0 saturated carbocycles. The van der Waals surface area contributed by atoms with Gasteiger partial charge in [-0.25, -0.2) is 9.50 Å². The zero-order valence-corrected chi connectivity index (χ0v) is 19.8. The second-order valence-corrected chi connectivity index (χ2v) is 9.35. The summed E-state index contributed by atoms with van der Waals surface area (Å²) in [6.07, 6.45) is 7.71. The van der Waals surface area contributed by atoms with Crippen molar-refractivity contribution in [2.75, 3.05) is 31.6 Å². The lowest BCUT2D eigenvalue weighted by molar-refractivity contribution is -0.127. The Labute approximate surface area is 190 Å². The summed E-state index contributed by atoms with van der Waals surface area (Å²) in [6, 6.07) is 1.95. The SMILES string of the molecule is CN=C(CC(=N)C(C)C)C(=O)N1CCCCC1c1cc2nc(N3CCCC3)c(C)cn2n1. The fourth-order valence-corrected chi connectivity index (χ4v) is 4.71. The number of aromatic nitrogens is 3. The molecule has 0 radical (unpaired) electrons. The number of aryl methyl sites for hydroxylation is 1. The molecule has 8 heteroatoms. The molecule has 2 aliphatic heterocycles. The summed E-state index contributed by atoms with van der Waals surface area (Å²) in [5, 5.41) is 13.0. The summed E-state index contributed by atoms with van der Waals surface area (Å²) < 4.78 is 1.85. The Kier molecular flexibility index (Phi) is 6.58. The van der Waals surface area contributed by atoms with Gasteiger partial charge in [-0.15, -0.1) is 0 Å². The van der Waals surface area contributed by atoms with Crippen LogP contribution in [0.2, 0.25) is 0 Å². The Hall–Kier alpha value is -2.77. The van der Waals surface area contributed by atoms with Gasteiger partial charge in [0.1, 0.15) is 11.5 Å². The molecule has 2 aromatic heterocycles. The molecule has 4 rings (SSSR count). The number of piperidine rings is 1. The lowest BCUT2D eigenvalue weighted by atomic mass is 9.97. The van der Waals surface area contributed by atoms with Gasteiger partial charge in [0.15, 0.2) is 5.65 Å². The molecule has 1 N–H and O–H groups in total. The van der Waals surface area contributed by atoms with Crippen molar-refractivity contribution in [1.29, 1.82) is 5.41 Å². The molecule has 0 bridgehead atoms.